The van der Waals surface area contributed by atoms with Gasteiger partial charge in [0, 0.05) is 24.1 Å². The number of alkyl halides is 3. The van der Waals surface area contributed by atoms with Gasteiger partial charge in [-0.3, -0.25) is 19.0 Å². The zero-order valence-electron chi connectivity index (χ0n) is 33.4. The van der Waals surface area contributed by atoms with Gasteiger partial charge in [0.2, 0.25) is 11.8 Å². The maximum Gasteiger partial charge on any atom is 0.481 e. The number of hydrogen-bond donors (Lipinski definition) is 3. The van der Waals surface area contributed by atoms with Crippen molar-refractivity contribution >= 4 is 30.3 Å². The Morgan fingerprint density at radius 3 is 2.40 bits per heavy atom. The van der Waals surface area contributed by atoms with Gasteiger partial charge in [-0.05, 0) is 90.8 Å². The van der Waals surface area contributed by atoms with Crippen molar-refractivity contribution in [2.45, 2.75) is 109 Å². The normalized spacial score (nSPS) is 27.2. The largest absolute Gasteiger partial charge is 0.481 e. The molecule has 0 spiro atoms. The third-order valence-corrected chi connectivity index (χ3v) is 13.4. The molecule has 3 aromatic carbocycles. The summed E-state index contributed by atoms with van der Waals surface area (Å²) in [5.74, 6) is -0.118. The van der Waals surface area contributed by atoms with Gasteiger partial charge in [0.15, 0.2) is 0 Å². The van der Waals surface area contributed by atoms with E-state index in [1.165, 1.54) is 22.9 Å². The van der Waals surface area contributed by atoms with Crippen molar-refractivity contribution in [2.75, 3.05) is 10.6 Å². The fraction of sp³-hybridized carbons (Fsp3) is 0.455. The molecular weight excluding hydrogens is 746 g/mol. The average Bonchev–Trinajstić information content (AvgIpc) is 3.71. The van der Waals surface area contributed by atoms with Gasteiger partial charge in [-0.15, -0.1) is 0 Å². The minimum Gasteiger partial charge on any atom is -0.404 e. The molecule has 1 aromatic heterocycles. The first-order valence-corrected chi connectivity index (χ1v) is 20.1. The lowest BCUT2D eigenvalue weighted by Gasteiger charge is -2.64. The van der Waals surface area contributed by atoms with Crippen molar-refractivity contribution in [3.05, 3.63) is 112 Å². The Hall–Kier alpha value is -4.95. The average molecular weight is 796 g/mol. The standard InChI is InChI=1S/C44H49BF3N5O5/c1-6-36(45-57-35-21-30-20-34(41(30,2)3)43(35,5)58-45)52-38(55)33-22-42(4,23-37(54)51-31-17-15-28(16-18-31)27-12-8-7-9-13-27)40-50-25-32(39(56)53(33)40)49-24-26-11-10-14-29(19-26)44(46,47)48/h7-19,25,30,33-36,49H,6,20-24H2,1-5H3,(H,51,54)(H,52,55)/t30-,33-,34-,35+,36-,42-,43-/m0/s1. The second-order valence-corrected chi connectivity index (χ2v) is 17.5. The van der Waals surface area contributed by atoms with Crippen LogP contribution >= 0.6 is 0 Å². The first-order chi connectivity index (χ1) is 27.5. The van der Waals surface area contributed by atoms with E-state index in [1.807, 2.05) is 68.4 Å². The summed E-state index contributed by atoms with van der Waals surface area (Å²) in [6.45, 7) is 10.4. The number of aromatic nitrogens is 2. The number of anilines is 2. The molecule has 14 heteroatoms. The highest BCUT2D eigenvalue weighted by Crippen LogP contribution is 2.65. The van der Waals surface area contributed by atoms with Crippen LogP contribution < -0.4 is 21.5 Å². The summed E-state index contributed by atoms with van der Waals surface area (Å²) in [6, 6.07) is 21.2. The number of nitrogens with zero attached hydrogens (tertiary/aromatic N) is 2. The van der Waals surface area contributed by atoms with E-state index in [0.717, 1.165) is 36.1 Å². The van der Waals surface area contributed by atoms with Crippen LogP contribution in [0, 0.1) is 17.3 Å². The third kappa shape index (κ3) is 7.12. The van der Waals surface area contributed by atoms with Crippen LogP contribution in [0.15, 0.2) is 89.9 Å². The highest BCUT2D eigenvalue weighted by atomic mass is 19.4. The molecule has 2 bridgehead atoms. The van der Waals surface area contributed by atoms with Gasteiger partial charge in [0.1, 0.15) is 17.6 Å². The Morgan fingerprint density at radius 2 is 1.71 bits per heavy atom. The van der Waals surface area contributed by atoms with Crippen LogP contribution in [0.4, 0.5) is 24.5 Å². The first kappa shape index (κ1) is 39.9. The molecular formula is C44H49BF3N5O5. The quantitative estimate of drug-likeness (QED) is 0.132. The molecule has 7 atom stereocenters. The molecule has 58 heavy (non-hydrogen) atoms. The maximum atomic E-state index is 14.5. The molecule has 5 aliphatic rings. The highest BCUT2D eigenvalue weighted by molar-refractivity contribution is 6.47. The summed E-state index contributed by atoms with van der Waals surface area (Å²) < 4.78 is 54.8. The SMILES string of the molecule is CC[C@H](NC(=O)[C@@H]1C[C@@](C)(CC(=O)Nc2ccc(-c3ccccc3)cc2)c2ncc(NCc3cccc(C(F)(F)F)c3)c(=O)n21)B1O[C@@H]2C[C@@H]3C[C@@H](C3(C)C)[C@]2(C)O1. The molecule has 2 aliphatic heterocycles. The van der Waals surface area contributed by atoms with Crippen molar-refractivity contribution in [2.24, 2.45) is 17.3 Å². The van der Waals surface area contributed by atoms with E-state index in [9.17, 15) is 27.6 Å². The number of halogens is 3. The predicted octanol–water partition coefficient (Wildman–Crippen LogP) is 7.93. The molecule has 1 saturated heterocycles. The van der Waals surface area contributed by atoms with Crippen LogP contribution in [-0.4, -0.2) is 46.1 Å². The number of fused-ring (bicyclic) bond motifs is 1. The van der Waals surface area contributed by atoms with Crippen molar-refractivity contribution in [1.29, 1.82) is 0 Å². The number of nitrogens with one attached hydrogen (secondary N) is 3. The van der Waals surface area contributed by atoms with Crippen molar-refractivity contribution < 1.29 is 32.1 Å². The number of carbonyl (C=O) groups excluding carboxylic acids is 2. The number of amides is 2. The monoisotopic (exact) mass is 795 g/mol. The maximum absolute atomic E-state index is 14.5. The predicted molar refractivity (Wildman–Crippen MR) is 216 cm³/mol. The van der Waals surface area contributed by atoms with Gasteiger partial charge >= 0.3 is 13.3 Å². The van der Waals surface area contributed by atoms with E-state index in [2.05, 4.69) is 41.7 Å². The lowest BCUT2D eigenvalue weighted by molar-refractivity contribution is -0.199. The molecule has 9 rings (SSSR count). The van der Waals surface area contributed by atoms with Gasteiger partial charge in [-0.1, -0.05) is 82.3 Å². The van der Waals surface area contributed by atoms with Crippen LogP contribution in [-0.2, 0) is 37.0 Å². The third-order valence-electron chi connectivity index (χ3n) is 13.4. The molecule has 4 fully saturated rings. The molecule has 3 saturated carbocycles. The zero-order chi connectivity index (χ0) is 41.2. The van der Waals surface area contributed by atoms with Crippen molar-refractivity contribution in [3.8, 4) is 11.1 Å². The van der Waals surface area contributed by atoms with E-state index in [0.29, 0.717) is 29.5 Å². The zero-order valence-corrected chi connectivity index (χ0v) is 33.4. The fourth-order valence-corrected chi connectivity index (χ4v) is 10.0. The molecule has 3 heterocycles. The highest BCUT2D eigenvalue weighted by Gasteiger charge is 2.68. The summed E-state index contributed by atoms with van der Waals surface area (Å²) in [5, 5.41) is 9.05. The van der Waals surface area contributed by atoms with Crippen LogP contribution in [0.25, 0.3) is 11.1 Å². The van der Waals surface area contributed by atoms with Gasteiger partial charge in [0.25, 0.3) is 5.56 Å². The van der Waals surface area contributed by atoms with Gasteiger partial charge in [-0.25, -0.2) is 4.98 Å². The summed E-state index contributed by atoms with van der Waals surface area (Å²) >= 11 is 0. The second-order valence-electron chi connectivity index (χ2n) is 17.5. The Morgan fingerprint density at radius 1 is 0.983 bits per heavy atom. The molecule has 304 valence electrons. The van der Waals surface area contributed by atoms with Crippen LogP contribution in [0.3, 0.4) is 0 Å². The molecule has 2 amide bonds. The smallest absolute Gasteiger partial charge is 0.404 e. The van der Waals surface area contributed by atoms with Crippen molar-refractivity contribution in [3.63, 3.8) is 0 Å². The van der Waals surface area contributed by atoms with Gasteiger partial charge in [-0.2, -0.15) is 13.2 Å². The molecule has 0 unspecified atom stereocenters. The van der Waals surface area contributed by atoms with Gasteiger partial charge < -0.3 is 25.3 Å². The molecule has 3 aliphatic carbocycles. The number of hydrogen-bond acceptors (Lipinski definition) is 7. The minimum absolute atomic E-state index is 0.0132. The summed E-state index contributed by atoms with van der Waals surface area (Å²) in [7, 11) is -0.680. The topological polar surface area (TPSA) is 124 Å². The second kappa shape index (κ2) is 14.7. The Kier molecular flexibility index (Phi) is 10.1. The molecule has 0 radical (unpaired) electrons. The number of benzene rings is 3. The van der Waals surface area contributed by atoms with Crippen LogP contribution in [0.1, 0.15) is 89.7 Å². The number of carbonyl (C=O) groups is 2. The first-order valence-electron chi connectivity index (χ1n) is 20.1. The Bertz CT molecular complexity index is 2270. The summed E-state index contributed by atoms with van der Waals surface area (Å²) in [4.78, 5) is 47.1. The van der Waals surface area contributed by atoms with E-state index < -0.39 is 53.3 Å². The molecule has 3 N–H and O–H groups in total. The van der Waals surface area contributed by atoms with E-state index in [4.69, 9.17) is 9.31 Å². The lowest BCUT2D eigenvalue weighted by atomic mass is 9.43. The Balaban J connectivity index is 1.04. The Labute approximate surface area is 336 Å². The fourth-order valence-electron chi connectivity index (χ4n) is 10.0. The number of rotatable bonds is 11. The lowest BCUT2D eigenvalue weighted by Crippen LogP contribution is -2.65. The van der Waals surface area contributed by atoms with Crippen LogP contribution in [0.2, 0.25) is 0 Å². The summed E-state index contributed by atoms with van der Waals surface area (Å²) in [5.41, 5.74) is 0.221. The van der Waals surface area contributed by atoms with E-state index in [-0.39, 0.29) is 48.3 Å². The van der Waals surface area contributed by atoms with E-state index in [1.54, 1.807) is 0 Å². The van der Waals surface area contributed by atoms with E-state index >= 15 is 0 Å². The summed E-state index contributed by atoms with van der Waals surface area (Å²) in [6.07, 6.45) is -0.776. The minimum atomic E-state index is -4.52. The van der Waals surface area contributed by atoms with Gasteiger partial charge in [0.05, 0.1) is 29.4 Å². The molecule has 4 aromatic rings. The van der Waals surface area contributed by atoms with Crippen LogP contribution in [0.5, 0.6) is 0 Å². The molecule has 10 nitrogen and oxygen atoms in total. The van der Waals surface area contributed by atoms with Crippen molar-refractivity contribution in [1.82, 2.24) is 14.9 Å².